The Morgan fingerprint density at radius 1 is 0.667 bits per heavy atom. The van der Waals surface area contributed by atoms with Crippen LogP contribution < -0.4 is 0 Å². The molecule has 0 N–H and O–H groups in total. The van der Waals surface area contributed by atoms with Gasteiger partial charge in [0.25, 0.3) is 0 Å². The summed E-state index contributed by atoms with van der Waals surface area (Å²) in [5, 5.41) is 0. The van der Waals surface area contributed by atoms with E-state index in [2.05, 4.69) is 0 Å². The molecule has 0 bridgehead atoms. The van der Waals surface area contributed by atoms with Crippen molar-refractivity contribution < 1.29 is 19.2 Å². The third-order valence-corrected chi connectivity index (χ3v) is 5.64. The summed E-state index contributed by atoms with van der Waals surface area (Å²) in [5.41, 5.74) is 1.65. The Balaban J connectivity index is 1.67. The predicted octanol–water partition coefficient (Wildman–Crippen LogP) is 2.81. The second-order valence-corrected chi connectivity index (χ2v) is 8.42. The Morgan fingerprint density at radius 2 is 1.00 bits per heavy atom. The zero-order valence-electron chi connectivity index (χ0n) is 18.1. The molecule has 0 spiro atoms. The van der Waals surface area contributed by atoms with E-state index < -0.39 is 0 Å². The number of rotatable bonds is 6. The number of hydrogen-bond donors (Lipinski definition) is 0. The van der Waals surface area contributed by atoms with Crippen molar-refractivity contribution in [1.82, 2.24) is 19.6 Å². The number of carbonyl (C=O) groups excluding carboxylic acids is 4. The van der Waals surface area contributed by atoms with Crippen LogP contribution in [0.25, 0.3) is 0 Å². The van der Waals surface area contributed by atoms with Gasteiger partial charge in [0.1, 0.15) is 0 Å². The SMILES string of the molecule is CC(C)N1CCC(=O)N(Cc2ccc(CN3C(=O)CCN(C(C)C)C3=O)cc2)C1=O. The first-order chi connectivity index (χ1) is 14.2. The number of amides is 6. The van der Waals surface area contributed by atoms with Crippen molar-refractivity contribution >= 4 is 23.9 Å². The number of carbonyl (C=O) groups is 4. The van der Waals surface area contributed by atoms with Crippen LogP contribution in [0.5, 0.6) is 0 Å². The van der Waals surface area contributed by atoms with Crippen molar-refractivity contribution in [1.29, 1.82) is 0 Å². The number of nitrogens with zero attached hydrogens (tertiary/aromatic N) is 4. The third-order valence-electron chi connectivity index (χ3n) is 5.64. The zero-order chi connectivity index (χ0) is 22.0. The summed E-state index contributed by atoms with van der Waals surface area (Å²) in [6, 6.07) is 6.91. The fourth-order valence-electron chi connectivity index (χ4n) is 3.80. The van der Waals surface area contributed by atoms with E-state index in [0.29, 0.717) is 25.9 Å². The van der Waals surface area contributed by atoms with Gasteiger partial charge < -0.3 is 9.80 Å². The molecule has 3 rings (SSSR count). The van der Waals surface area contributed by atoms with Crippen LogP contribution >= 0.6 is 0 Å². The Labute approximate surface area is 177 Å². The molecule has 0 unspecified atom stereocenters. The highest BCUT2D eigenvalue weighted by Crippen LogP contribution is 2.20. The highest BCUT2D eigenvalue weighted by atomic mass is 16.2. The van der Waals surface area contributed by atoms with Crippen molar-refractivity contribution in [3.05, 3.63) is 35.4 Å². The molecule has 8 heteroatoms. The zero-order valence-corrected chi connectivity index (χ0v) is 18.1. The van der Waals surface area contributed by atoms with Gasteiger partial charge >= 0.3 is 12.1 Å². The highest BCUT2D eigenvalue weighted by molar-refractivity contribution is 5.97. The van der Waals surface area contributed by atoms with Gasteiger partial charge in [0, 0.05) is 38.0 Å². The minimum absolute atomic E-state index is 0.0421. The quantitative estimate of drug-likeness (QED) is 0.717. The van der Waals surface area contributed by atoms with Gasteiger partial charge in [-0.05, 0) is 38.8 Å². The lowest BCUT2D eigenvalue weighted by atomic mass is 10.1. The molecule has 0 atom stereocenters. The molecule has 0 aliphatic carbocycles. The number of benzene rings is 1. The monoisotopic (exact) mass is 414 g/mol. The molecule has 30 heavy (non-hydrogen) atoms. The first-order valence-electron chi connectivity index (χ1n) is 10.5. The smallest absolute Gasteiger partial charge is 0.321 e. The summed E-state index contributed by atoms with van der Waals surface area (Å²) in [6.45, 7) is 9.07. The minimum atomic E-state index is -0.261. The molecule has 2 aliphatic rings. The predicted molar refractivity (Wildman–Crippen MR) is 111 cm³/mol. The van der Waals surface area contributed by atoms with Crippen LogP contribution in [0.15, 0.2) is 24.3 Å². The Bertz CT molecular complexity index is 765. The van der Waals surface area contributed by atoms with E-state index in [0.717, 1.165) is 11.1 Å². The average molecular weight is 415 g/mol. The molecule has 2 saturated heterocycles. The Kier molecular flexibility index (Phi) is 6.43. The fraction of sp³-hybridized carbons (Fsp3) is 0.545. The highest BCUT2D eigenvalue weighted by Gasteiger charge is 2.34. The van der Waals surface area contributed by atoms with Crippen LogP contribution in [0.4, 0.5) is 9.59 Å². The van der Waals surface area contributed by atoms with E-state index in [-0.39, 0.29) is 49.0 Å². The summed E-state index contributed by atoms with van der Waals surface area (Å²) < 4.78 is 0. The number of hydrogen-bond acceptors (Lipinski definition) is 4. The van der Waals surface area contributed by atoms with Gasteiger partial charge in [-0.2, -0.15) is 0 Å². The molecular weight excluding hydrogens is 384 g/mol. The lowest BCUT2D eigenvalue weighted by molar-refractivity contribution is -0.132. The summed E-state index contributed by atoms with van der Waals surface area (Å²) in [4.78, 5) is 55.7. The first kappa shape index (κ1) is 21.8. The maximum atomic E-state index is 12.6. The molecule has 1 aromatic rings. The van der Waals surface area contributed by atoms with Gasteiger partial charge in [0.15, 0.2) is 0 Å². The molecule has 162 valence electrons. The molecule has 2 fully saturated rings. The first-order valence-corrected chi connectivity index (χ1v) is 10.5. The van der Waals surface area contributed by atoms with Crippen molar-refractivity contribution in [3.8, 4) is 0 Å². The standard InChI is InChI=1S/C22H30N4O4/c1-15(2)23-11-9-19(27)25(21(23)29)13-17-5-7-18(8-6-17)14-26-20(28)10-12-24(16(3)4)22(26)30/h5-8,15-16H,9-14H2,1-4H3. The number of imide groups is 2. The minimum Gasteiger partial charge on any atom is -0.321 e. The Hall–Kier alpha value is -2.90. The average Bonchev–Trinajstić information content (AvgIpc) is 2.68. The summed E-state index contributed by atoms with van der Waals surface area (Å²) in [5.74, 6) is -0.335. The molecule has 2 heterocycles. The molecular formula is C22H30N4O4. The van der Waals surface area contributed by atoms with E-state index in [9.17, 15) is 19.2 Å². The van der Waals surface area contributed by atoms with Crippen molar-refractivity contribution in [2.75, 3.05) is 13.1 Å². The number of urea groups is 2. The summed E-state index contributed by atoms with van der Waals surface area (Å²) >= 11 is 0. The molecule has 0 aromatic heterocycles. The van der Waals surface area contributed by atoms with Crippen LogP contribution in [0.1, 0.15) is 51.7 Å². The van der Waals surface area contributed by atoms with Gasteiger partial charge in [-0.15, -0.1) is 0 Å². The van der Waals surface area contributed by atoms with Crippen LogP contribution in [-0.2, 0) is 22.7 Å². The lowest BCUT2D eigenvalue weighted by Crippen LogP contribution is -2.54. The van der Waals surface area contributed by atoms with E-state index >= 15 is 0 Å². The maximum Gasteiger partial charge on any atom is 0.327 e. The van der Waals surface area contributed by atoms with E-state index in [1.54, 1.807) is 9.80 Å². The van der Waals surface area contributed by atoms with E-state index in [1.807, 2.05) is 52.0 Å². The molecule has 1 aromatic carbocycles. The molecule has 6 amide bonds. The lowest BCUT2D eigenvalue weighted by Gasteiger charge is -2.37. The van der Waals surface area contributed by atoms with Crippen molar-refractivity contribution in [2.24, 2.45) is 0 Å². The molecule has 2 aliphatic heterocycles. The van der Waals surface area contributed by atoms with E-state index in [4.69, 9.17) is 0 Å². The van der Waals surface area contributed by atoms with Crippen molar-refractivity contribution in [3.63, 3.8) is 0 Å². The van der Waals surface area contributed by atoms with Crippen LogP contribution in [0.3, 0.4) is 0 Å². The maximum absolute atomic E-state index is 12.6. The van der Waals surface area contributed by atoms with Gasteiger partial charge in [-0.25, -0.2) is 9.59 Å². The van der Waals surface area contributed by atoms with Crippen LogP contribution in [-0.4, -0.2) is 68.6 Å². The largest absolute Gasteiger partial charge is 0.327 e. The second-order valence-electron chi connectivity index (χ2n) is 8.42. The van der Waals surface area contributed by atoms with Gasteiger partial charge in [0.05, 0.1) is 13.1 Å². The van der Waals surface area contributed by atoms with Gasteiger partial charge in [0.2, 0.25) is 11.8 Å². The Morgan fingerprint density at radius 3 is 1.30 bits per heavy atom. The van der Waals surface area contributed by atoms with Crippen LogP contribution in [0, 0.1) is 0 Å². The third kappa shape index (κ3) is 4.47. The second kappa shape index (κ2) is 8.85. The van der Waals surface area contributed by atoms with Gasteiger partial charge in [-0.3, -0.25) is 19.4 Å². The van der Waals surface area contributed by atoms with Crippen molar-refractivity contribution in [2.45, 2.75) is 65.7 Å². The normalized spacial score (nSPS) is 18.3. The van der Waals surface area contributed by atoms with E-state index in [1.165, 1.54) is 9.80 Å². The molecule has 8 nitrogen and oxygen atoms in total. The fourth-order valence-corrected chi connectivity index (χ4v) is 3.80. The molecule has 0 saturated carbocycles. The topological polar surface area (TPSA) is 81.2 Å². The van der Waals surface area contributed by atoms with Gasteiger partial charge in [-0.1, -0.05) is 24.3 Å². The van der Waals surface area contributed by atoms with Crippen LogP contribution in [0.2, 0.25) is 0 Å². The summed E-state index contributed by atoms with van der Waals surface area (Å²) in [7, 11) is 0. The molecule has 0 radical (unpaired) electrons. The summed E-state index contributed by atoms with van der Waals surface area (Å²) in [6.07, 6.45) is 0.654.